The Morgan fingerprint density at radius 3 is 2.67 bits per heavy atom. The summed E-state index contributed by atoms with van der Waals surface area (Å²) in [5.74, 6) is 2.15. The standard InChI is InChI=1S/C16H21NO4/c1-11(15-5-4-8-21-15)17-10-14(18)13-9-12(19-2)6-7-16(13)20-3/h4-9,11,14,17-18H,10H2,1-3H3/t11-,14?/m1/s1. The van der Waals surface area contributed by atoms with E-state index in [0.29, 0.717) is 23.6 Å². The molecule has 5 heteroatoms. The van der Waals surface area contributed by atoms with Gasteiger partial charge in [0.25, 0.3) is 0 Å². The van der Waals surface area contributed by atoms with E-state index in [1.54, 1.807) is 38.7 Å². The summed E-state index contributed by atoms with van der Waals surface area (Å²) in [6, 6.07) is 9.13. The van der Waals surface area contributed by atoms with Crippen molar-refractivity contribution in [2.24, 2.45) is 0 Å². The van der Waals surface area contributed by atoms with E-state index in [-0.39, 0.29) is 6.04 Å². The van der Waals surface area contributed by atoms with Crippen molar-refractivity contribution in [1.82, 2.24) is 5.32 Å². The third kappa shape index (κ3) is 3.77. The summed E-state index contributed by atoms with van der Waals surface area (Å²) in [6.45, 7) is 2.36. The number of aliphatic hydroxyl groups excluding tert-OH is 1. The molecule has 2 aromatic rings. The number of nitrogens with one attached hydrogen (secondary N) is 1. The predicted molar refractivity (Wildman–Crippen MR) is 79.6 cm³/mol. The van der Waals surface area contributed by atoms with Crippen LogP contribution in [0.3, 0.4) is 0 Å². The van der Waals surface area contributed by atoms with Crippen LogP contribution in [-0.2, 0) is 0 Å². The molecular formula is C16H21NO4. The minimum atomic E-state index is -0.701. The third-order valence-corrected chi connectivity index (χ3v) is 3.38. The van der Waals surface area contributed by atoms with E-state index in [0.717, 1.165) is 5.76 Å². The Bertz CT molecular complexity index is 553. The molecule has 2 N–H and O–H groups in total. The van der Waals surface area contributed by atoms with Crippen LogP contribution in [0.2, 0.25) is 0 Å². The second-order valence-corrected chi connectivity index (χ2v) is 4.77. The van der Waals surface area contributed by atoms with Crippen LogP contribution in [-0.4, -0.2) is 25.9 Å². The largest absolute Gasteiger partial charge is 0.497 e. The van der Waals surface area contributed by atoms with Gasteiger partial charge in [-0.05, 0) is 37.3 Å². The van der Waals surface area contributed by atoms with Gasteiger partial charge in [-0.1, -0.05) is 0 Å². The van der Waals surface area contributed by atoms with Gasteiger partial charge in [0.2, 0.25) is 0 Å². The van der Waals surface area contributed by atoms with Crippen LogP contribution in [0.4, 0.5) is 0 Å². The van der Waals surface area contributed by atoms with Crippen molar-refractivity contribution in [3.63, 3.8) is 0 Å². The Morgan fingerprint density at radius 1 is 1.24 bits per heavy atom. The van der Waals surface area contributed by atoms with Gasteiger partial charge in [0, 0.05) is 12.1 Å². The van der Waals surface area contributed by atoms with Crippen LogP contribution in [0.15, 0.2) is 41.0 Å². The summed E-state index contributed by atoms with van der Waals surface area (Å²) in [5.41, 5.74) is 0.691. The molecule has 0 aliphatic carbocycles. The molecule has 1 unspecified atom stereocenters. The van der Waals surface area contributed by atoms with Gasteiger partial charge < -0.3 is 24.3 Å². The third-order valence-electron chi connectivity index (χ3n) is 3.38. The Hall–Kier alpha value is -1.98. The maximum Gasteiger partial charge on any atom is 0.124 e. The molecule has 0 bridgehead atoms. The van der Waals surface area contributed by atoms with Gasteiger partial charge in [0.05, 0.1) is 32.6 Å². The minimum Gasteiger partial charge on any atom is -0.497 e. The van der Waals surface area contributed by atoms with Gasteiger partial charge >= 0.3 is 0 Å². The number of benzene rings is 1. The summed E-state index contributed by atoms with van der Waals surface area (Å²) < 4.78 is 15.8. The molecule has 114 valence electrons. The summed E-state index contributed by atoms with van der Waals surface area (Å²) in [5, 5.41) is 13.6. The molecule has 1 aromatic carbocycles. The Kier molecular flexibility index (Phi) is 5.25. The zero-order valence-electron chi connectivity index (χ0n) is 12.5. The first-order chi connectivity index (χ1) is 10.2. The maximum absolute atomic E-state index is 10.4. The summed E-state index contributed by atoms with van der Waals surface area (Å²) in [7, 11) is 3.17. The highest BCUT2D eigenvalue weighted by molar-refractivity contribution is 5.41. The highest BCUT2D eigenvalue weighted by Crippen LogP contribution is 2.29. The molecule has 21 heavy (non-hydrogen) atoms. The molecule has 0 radical (unpaired) electrons. The van der Waals surface area contributed by atoms with E-state index in [9.17, 15) is 5.11 Å². The quantitative estimate of drug-likeness (QED) is 0.821. The maximum atomic E-state index is 10.4. The van der Waals surface area contributed by atoms with Crippen molar-refractivity contribution in [2.75, 3.05) is 20.8 Å². The molecule has 0 amide bonds. The zero-order chi connectivity index (χ0) is 15.2. The number of hydrogen-bond donors (Lipinski definition) is 2. The van der Waals surface area contributed by atoms with Crippen LogP contribution in [0, 0.1) is 0 Å². The number of ether oxygens (including phenoxy) is 2. The smallest absolute Gasteiger partial charge is 0.124 e. The van der Waals surface area contributed by atoms with Crippen LogP contribution in [0.25, 0.3) is 0 Å². The average molecular weight is 291 g/mol. The molecule has 1 heterocycles. The molecular weight excluding hydrogens is 270 g/mol. The van der Waals surface area contributed by atoms with Crippen molar-refractivity contribution in [2.45, 2.75) is 19.1 Å². The second kappa shape index (κ2) is 7.15. The topological polar surface area (TPSA) is 63.9 Å². The number of rotatable bonds is 7. The van der Waals surface area contributed by atoms with E-state index in [2.05, 4.69) is 5.32 Å². The summed E-state index contributed by atoms with van der Waals surface area (Å²) in [6.07, 6.45) is 0.933. The van der Waals surface area contributed by atoms with Crippen molar-refractivity contribution in [1.29, 1.82) is 0 Å². The lowest BCUT2D eigenvalue weighted by Crippen LogP contribution is -2.24. The van der Waals surface area contributed by atoms with E-state index < -0.39 is 6.10 Å². The number of hydrogen-bond acceptors (Lipinski definition) is 5. The molecule has 0 spiro atoms. The lowest BCUT2D eigenvalue weighted by atomic mass is 10.1. The zero-order valence-corrected chi connectivity index (χ0v) is 12.5. The first-order valence-electron chi connectivity index (χ1n) is 6.82. The fourth-order valence-electron chi connectivity index (χ4n) is 2.14. The number of furan rings is 1. The normalized spacial score (nSPS) is 13.7. The molecule has 0 aliphatic rings. The highest BCUT2D eigenvalue weighted by atomic mass is 16.5. The van der Waals surface area contributed by atoms with E-state index >= 15 is 0 Å². The lowest BCUT2D eigenvalue weighted by Gasteiger charge is -2.18. The lowest BCUT2D eigenvalue weighted by molar-refractivity contribution is 0.164. The molecule has 1 aromatic heterocycles. The average Bonchev–Trinajstić information content (AvgIpc) is 3.06. The van der Waals surface area contributed by atoms with Gasteiger partial charge in [0.15, 0.2) is 0 Å². The fraction of sp³-hybridized carbons (Fsp3) is 0.375. The molecule has 0 aliphatic heterocycles. The van der Waals surface area contributed by atoms with Crippen molar-refractivity contribution in [3.05, 3.63) is 47.9 Å². The molecule has 5 nitrogen and oxygen atoms in total. The Labute approximate surface area is 124 Å². The molecule has 0 fully saturated rings. The Balaban J connectivity index is 2.04. The second-order valence-electron chi connectivity index (χ2n) is 4.77. The predicted octanol–water partition coefficient (Wildman–Crippen LogP) is 2.68. The van der Waals surface area contributed by atoms with Crippen molar-refractivity contribution < 1.29 is 19.0 Å². The summed E-state index contributed by atoms with van der Waals surface area (Å²) in [4.78, 5) is 0. The SMILES string of the molecule is COc1ccc(OC)c(C(O)CN[C@H](C)c2ccco2)c1. The van der Waals surface area contributed by atoms with Crippen molar-refractivity contribution in [3.8, 4) is 11.5 Å². The van der Waals surface area contributed by atoms with Crippen molar-refractivity contribution >= 4 is 0 Å². The van der Waals surface area contributed by atoms with E-state index in [1.165, 1.54) is 0 Å². The van der Waals surface area contributed by atoms with Gasteiger partial charge in [-0.25, -0.2) is 0 Å². The first-order valence-corrected chi connectivity index (χ1v) is 6.82. The molecule has 0 saturated carbocycles. The van der Waals surface area contributed by atoms with Crippen LogP contribution >= 0.6 is 0 Å². The van der Waals surface area contributed by atoms with Gasteiger partial charge in [-0.2, -0.15) is 0 Å². The number of aliphatic hydroxyl groups is 1. The van der Waals surface area contributed by atoms with Crippen LogP contribution < -0.4 is 14.8 Å². The van der Waals surface area contributed by atoms with Crippen LogP contribution in [0.1, 0.15) is 30.4 Å². The first kappa shape index (κ1) is 15.4. The summed E-state index contributed by atoms with van der Waals surface area (Å²) >= 11 is 0. The van der Waals surface area contributed by atoms with Gasteiger partial charge in [-0.3, -0.25) is 0 Å². The monoisotopic (exact) mass is 291 g/mol. The van der Waals surface area contributed by atoms with Gasteiger partial charge in [-0.15, -0.1) is 0 Å². The minimum absolute atomic E-state index is 0.0197. The molecule has 2 rings (SSSR count). The Morgan fingerprint density at radius 2 is 2.05 bits per heavy atom. The molecule has 2 atom stereocenters. The highest BCUT2D eigenvalue weighted by Gasteiger charge is 2.16. The van der Waals surface area contributed by atoms with E-state index in [4.69, 9.17) is 13.9 Å². The van der Waals surface area contributed by atoms with E-state index in [1.807, 2.05) is 19.1 Å². The molecule has 0 saturated heterocycles. The van der Waals surface area contributed by atoms with Gasteiger partial charge in [0.1, 0.15) is 17.3 Å². The van der Waals surface area contributed by atoms with Crippen LogP contribution in [0.5, 0.6) is 11.5 Å². The fourth-order valence-corrected chi connectivity index (χ4v) is 2.14. The number of methoxy groups -OCH3 is 2.